The van der Waals surface area contributed by atoms with Gasteiger partial charge >= 0.3 is 0 Å². The predicted molar refractivity (Wildman–Crippen MR) is 74.3 cm³/mol. The summed E-state index contributed by atoms with van der Waals surface area (Å²) in [5.41, 5.74) is 10.4. The highest BCUT2D eigenvalue weighted by molar-refractivity contribution is 5.50. The topological polar surface area (TPSA) is 40.2 Å². The first-order valence-corrected chi connectivity index (χ1v) is 6.29. The van der Waals surface area contributed by atoms with Crippen molar-refractivity contribution in [2.24, 2.45) is 5.73 Å². The van der Waals surface area contributed by atoms with Crippen LogP contribution >= 0.6 is 0 Å². The molecule has 0 unspecified atom stereocenters. The first-order valence-electron chi connectivity index (χ1n) is 6.29. The van der Waals surface area contributed by atoms with Crippen molar-refractivity contribution in [3.05, 3.63) is 47.3 Å². The Balaban J connectivity index is 2.58. The third kappa shape index (κ3) is 2.14. The standard InChI is InChI=1S/C15H20N2O/c1-4-18-15-8-6-5-7-14(15)17-11(2)9-13(10-16)12(17)3/h5-9H,4,10,16H2,1-3H3. The molecule has 3 nitrogen and oxygen atoms in total. The van der Waals surface area contributed by atoms with Crippen LogP contribution in [0.3, 0.4) is 0 Å². The van der Waals surface area contributed by atoms with Crippen LogP contribution in [0.2, 0.25) is 0 Å². The lowest BCUT2D eigenvalue weighted by Gasteiger charge is -2.14. The molecule has 2 aromatic rings. The van der Waals surface area contributed by atoms with Crippen molar-refractivity contribution in [2.45, 2.75) is 27.3 Å². The maximum atomic E-state index is 5.76. The van der Waals surface area contributed by atoms with Crippen molar-refractivity contribution in [2.75, 3.05) is 6.61 Å². The lowest BCUT2D eigenvalue weighted by molar-refractivity contribution is 0.339. The van der Waals surface area contributed by atoms with Gasteiger partial charge in [-0.2, -0.15) is 0 Å². The minimum Gasteiger partial charge on any atom is -0.492 e. The molecule has 0 aliphatic heterocycles. The average molecular weight is 244 g/mol. The van der Waals surface area contributed by atoms with E-state index in [0.717, 1.165) is 11.4 Å². The minimum atomic E-state index is 0.566. The van der Waals surface area contributed by atoms with Crippen LogP contribution in [0.5, 0.6) is 5.75 Å². The first kappa shape index (κ1) is 12.7. The van der Waals surface area contributed by atoms with Crippen LogP contribution in [0, 0.1) is 13.8 Å². The number of ether oxygens (including phenoxy) is 1. The van der Waals surface area contributed by atoms with Gasteiger partial charge in [0.1, 0.15) is 5.75 Å². The fraction of sp³-hybridized carbons (Fsp3) is 0.333. The van der Waals surface area contributed by atoms with Crippen molar-refractivity contribution in [3.63, 3.8) is 0 Å². The Hall–Kier alpha value is -1.74. The van der Waals surface area contributed by atoms with Crippen LogP contribution in [0.25, 0.3) is 5.69 Å². The summed E-state index contributed by atoms with van der Waals surface area (Å²) < 4.78 is 7.89. The summed E-state index contributed by atoms with van der Waals surface area (Å²) in [6.45, 7) is 7.42. The summed E-state index contributed by atoms with van der Waals surface area (Å²) in [4.78, 5) is 0. The Labute approximate surface area is 108 Å². The summed E-state index contributed by atoms with van der Waals surface area (Å²) >= 11 is 0. The zero-order valence-corrected chi connectivity index (χ0v) is 11.2. The van der Waals surface area contributed by atoms with Crippen LogP contribution in [-0.4, -0.2) is 11.2 Å². The number of nitrogens with two attached hydrogens (primary N) is 1. The molecule has 0 saturated carbocycles. The first-order chi connectivity index (χ1) is 8.69. The zero-order chi connectivity index (χ0) is 13.1. The molecule has 0 radical (unpaired) electrons. The van der Waals surface area contributed by atoms with Crippen molar-refractivity contribution in [3.8, 4) is 11.4 Å². The number of hydrogen-bond acceptors (Lipinski definition) is 2. The highest BCUT2D eigenvalue weighted by Gasteiger charge is 2.12. The average Bonchev–Trinajstić information content (AvgIpc) is 2.66. The van der Waals surface area contributed by atoms with Gasteiger partial charge < -0.3 is 15.0 Å². The van der Waals surface area contributed by atoms with Crippen LogP contribution in [0.1, 0.15) is 23.9 Å². The second-order valence-electron chi connectivity index (χ2n) is 4.34. The van der Waals surface area contributed by atoms with Gasteiger partial charge in [-0.3, -0.25) is 0 Å². The van der Waals surface area contributed by atoms with E-state index < -0.39 is 0 Å². The summed E-state index contributed by atoms with van der Waals surface area (Å²) in [6, 6.07) is 10.2. The Morgan fingerprint density at radius 2 is 1.94 bits per heavy atom. The molecule has 1 heterocycles. The van der Waals surface area contributed by atoms with Crippen LogP contribution in [-0.2, 0) is 6.54 Å². The zero-order valence-electron chi connectivity index (χ0n) is 11.2. The Morgan fingerprint density at radius 3 is 2.56 bits per heavy atom. The fourth-order valence-corrected chi connectivity index (χ4v) is 2.33. The van der Waals surface area contributed by atoms with Crippen LogP contribution in [0.15, 0.2) is 30.3 Å². The number of aromatic nitrogens is 1. The summed E-state index contributed by atoms with van der Waals surface area (Å²) in [5, 5.41) is 0. The molecule has 0 aliphatic rings. The van der Waals surface area contributed by atoms with Crippen molar-refractivity contribution in [1.29, 1.82) is 0 Å². The van der Waals surface area contributed by atoms with Gasteiger partial charge in [0.05, 0.1) is 12.3 Å². The van der Waals surface area contributed by atoms with E-state index >= 15 is 0 Å². The van der Waals surface area contributed by atoms with E-state index in [2.05, 4.69) is 30.5 Å². The van der Waals surface area contributed by atoms with Crippen molar-refractivity contribution >= 4 is 0 Å². The quantitative estimate of drug-likeness (QED) is 0.898. The number of rotatable bonds is 4. The van der Waals surface area contributed by atoms with Gasteiger partial charge in [-0.1, -0.05) is 12.1 Å². The van der Waals surface area contributed by atoms with Crippen LogP contribution < -0.4 is 10.5 Å². The molecule has 18 heavy (non-hydrogen) atoms. The van der Waals surface area contributed by atoms with Gasteiger partial charge in [-0.25, -0.2) is 0 Å². The maximum absolute atomic E-state index is 5.76. The molecule has 0 amide bonds. The van der Waals surface area contributed by atoms with E-state index in [9.17, 15) is 0 Å². The van der Waals surface area contributed by atoms with E-state index in [0.29, 0.717) is 13.2 Å². The monoisotopic (exact) mass is 244 g/mol. The van der Waals surface area contributed by atoms with Crippen LogP contribution in [0.4, 0.5) is 0 Å². The second-order valence-corrected chi connectivity index (χ2v) is 4.34. The summed E-state index contributed by atoms with van der Waals surface area (Å²) in [6.07, 6.45) is 0. The van der Waals surface area contributed by atoms with E-state index in [4.69, 9.17) is 10.5 Å². The molecule has 96 valence electrons. The summed E-state index contributed by atoms with van der Waals surface area (Å²) in [7, 11) is 0. The number of benzene rings is 1. The molecule has 1 aromatic heterocycles. The van der Waals surface area contributed by atoms with Crippen molar-refractivity contribution < 1.29 is 4.74 Å². The highest BCUT2D eigenvalue weighted by Crippen LogP contribution is 2.27. The minimum absolute atomic E-state index is 0.566. The Morgan fingerprint density at radius 1 is 1.22 bits per heavy atom. The van der Waals surface area contributed by atoms with Gasteiger partial charge in [0.2, 0.25) is 0 Å². The maximum Gasteiger partial charge on any atom is 0.143 e. The number of aryl methyl sites for hydroxylation is 1. The normalized spacial score (nSPS) is 10.7. The molecule has 0 spiro atoms. The van der Waals surface area contributed by atoms with Crippen molar-refractivity contribution in [1.82, 2.24) is 4.57 Å². The van der Waals surface area contributed by atoms with Gasteiger partial charge in [-0.05, 0) is 44.5 Å². The third-order valence-corrected chi connectivity index (χ3v) is 3.16. The molecule has 3 heteroatoms. The second kappa shape index (κ2) is 5.27. The fourth-order valence-electron chi connectivity index (χ4n) is 2.33. The molecule has 0 saturated heterocycles. The Kier molecular flexibility index (Phi) is 3.72. The van der Waals surface area contributed by atoms with Gasteiger partial charge in [0.25, 0.3) is 0 Å². The predicted octanol–water partition coefficient (Wildman–Crippen LogP) is 2.95. The molecule has 2 rings (SSSR count). The smallest absolute Gasteiger partial charge is 0.143 e. The molecule has 1 aromatic carbocycles. The van der Waals surface area contributed by atoms with E-state index in [1.807, 2.05) is 25.1 Å². The van der Waals surface area contributed by atoms with E-state index in [1.165, 1.54) is 17.0 Å². The molecule has 0 aliphatic carbocycles. The highest BCUT2D eigenvalue weighted by atomic mass is 16.5. The molecule has 0 atom stereocenters. The molecule has 0 fully saturated rings. The Bertz CT molecular complexity index is 543. The van der Waals surface area contributed by atoms with E-state index in [1.54, 1.807) is 0 Å². The lowest BCUT2D eigenvalue weighted by Crippen LogP contribution is -2.04. The van der Waals surface area contributed by atoms with Gasteiger partial charge in [0, 0.05) is 17.9 Å². The molecule has 0 bridgehead atoms. The third-order valence-electron chi connectivity index (χ3n) is 3.16. The SMILES string of the molecule is CCOc1ccccc1-n1c(C)cc(CN)c1C. The lowest BCUT2D eigenvalue weighted by atomic mass is 10.2. The summed E-state index contributed by atoms with van der Waals surface area (Å²) in [5.74, 6) is 0.908. The number of hydrogen-bond donors (Lipinski definition) is 1. The molecule has 2 N–H and O–H groups in total. The largest absolute Gasteiger partial charge is 0.492 e. The number of nitrogens with zero attached hydrogens (tertiary/aromatic N) is 1. The molecular weight excluding hydrogens is 224 g/mol. The molecular formula is C15H20N2O. The number of para-hydroxylation sites is 2. The van der Waals surface area contributed by atoms with Gasteiger partial charge in [-0.15, -0.1) is 0 Å². The van der Waals surface area contributed by atoms with E-state index in [-0.39, 0.29) is 0 Å². The van der Waals surface area contributed by atoms with Gasteiger partial charge in [0.15, 0.2) is 0 Å².